The van der Waals surface area contributed by atoms with Crippen LogP contribution < -0.4 is 4.90 Å². The fourth-order valence-electron chi connectivity index (χ4n) is 2.97. The van der Waals surface area contributed by atoms with Crippen LogP contribution in [-0.2, 0) is 5.72 Å². The topological polar surface area (TPSA) is 69.2 Å². The van der Waals surface area contributed by atoms with Crippen LogP contribution in [0, 0.1) is 5.82 Å². The number of aromatic amines is 1. The minimum Gasteiger partial charge on any atom is -0.360 e. The molecule has 1 amide bonds. The maximum absolute atomic E-state index is 13.6. The van der Waals surface area contributed by atoms with Gasteiger partial charge in [-0.1, -0.05) is 24.3 Å². The molecule has 1 aromatic heterocycles. The van der Waals surface area contributed by atoms with Crippen molar-refractivity contribution in [3.63, 3.8) is 0 Å². The first-order valence-corrected chi connectivity index (χ1v) is 7.04. The smallest absolute Gasteiger partial charge is 0.261 e. The van der Waals surface area contributed by atoms with Crippen LogP contribution >= 0.6 is 0 Å². The van der Waals surface area contributed by atoms with Crippen LogP contribution in [0.15, 0.2) is 60.9 Å². The number of carbonyl (C=O) groups is 1. The SMILES string of the molecule is O=C1c2ccccc2[C@](O)(c2ncc[nH]2)N1c1cccc(F)c1. The minimum atomic E-state index is -1.81. The summed E-state index contributed by atoms with van der Waals surface area (Å²) >= 11 is 0. The Morgan fingerprint density at radius 3 is 2.74 bits per heavy atom. The summed E-state index contributed by atoms with van der Waals surface area (Å²) in [5.41, 5.74) is -0.796. The van der Waals surface area contributed by atoms with Crippen LogP contribution in [0.2, 0.25) is 0 Å². The van der Waals surface area contributed by atoms with E-state index in [2.05, 4.69) is 9.97 Å². The summed E-state index contributed by atoms with van der Waals surface area (Å²) < 4.78 is 13.6. The maximum atomic E-state index is 13.6. The average Bonchev–Trinajstić information content (AvgIpc) is 3.16. The van der Waals surface area contributed by atoms with Gasteiger partial charge in [0.2, 0.25) is 5.72 Å². The third kappa shape index (κ3) is 1.82. The fourth-order valence-corrected chi connectivity index (χ4v) is 2.97. The predicted octanol–water partition coefficient (Wildman–Crippen LogP) is 2.40. The lowest BCUT2D eigenvalue weighted by atomic mass is 10.0. The van der Waals surface area contributed by atoms with Gasteiger partial charge in [-0.25, -0.2) is 9.37 Å². The minimum absolute atomic E-state index is 0.195. The number of fused-ring (bicyclic) bond motifs is 1. The molecule has 0 saturated heterocycles. The maximum Gasteiger partial charge on any atom is 0.261 e. The molecule has 1 aliphatic rings. The first-order chi connectivity index (χ1) is 11.1. The second-order valence-corrected chi connectivity index (χ2v) is 5.28. The molecule has 0 radical (unpaired) electrons. The van der Waals surface area contributed by atoms with Crippen molar-refractivity contribution in [3.8, 4) is 0 Å². The van der Waals surface area contributed by atoms with Gasteiger partial charge in [-0.05, 0) is 24.3 Å². The number of amides is 1. The molecule has 1 aliphatic heterocycles. The summed E-state index contributed by atoms with van der Waals surface area (Å²) in [6.45, 7) is 0. The van der Waals surface area contributed by atoms with Gasteiger partial charge in [0.05, 0.1) is 5.69 Å². The molecule has 2 N–H and O–H groups in total. The number of carbonyl (C=O) groups excluding carboxylic acids is 1. The standard InChI is InChI=1S/C17H12FN3O2/c18-11-4-3-5-12(10-11)21-15(22)13-6-1-2-7-14(13)17(21,23)16-19-8-9-20-16/h1-10,23H,(H,19,20)/t17-/m0/s1. The Morgan fingerprint density at radius 2 is 2.00 bits per heavy atom. The number of nitrogens with one attached hydrogen (secondary N) is 1. The Balaban J connectivity index is 2.00. The van der Waals surface area contributed by atoms with Gasteiger partial charge in [-0.15, -0.1) is 0 Å². The first kappa shape index (κ1) is 13.7. The van der Waals surface area contributed by atoms with E-state index >= 15 is 0 Å². The highest BCUT2D eigenvalue weighted by atomic mass is 19.1. The van der Waals surface area contributed by atoms with E-state index in [1.807, 2.05) is 0 Å². The van der Waals surface area contributed by atoms with Crippen LogP contribution in [0.3, 0.4) is 0 Å². The Morgan fingerprint density at radius 1 is 1.17 bits per heavy atom. The molecule has 0 unspecified atom stereocenters. The molecule has 0 saturated carbocycles. The lowest BCUT2D eigenvalue weighted by Crippen LogP contribution is -2.45. The summed E-state index contributed by atoms with van der Waals surface area (Å²) in [7, 11) is 0. The molecule has 2 heterocycles. The van der Waals surface area contributed by atoms with Crippen molar-refractivity contribution in [2.24, 2.45) is 0 Å². The largest absolute Gasteiger partial charge is 0.360 e. The van der Waals surface area contributed by atoms with Gasteiger partial charge in [0.1, 0.15) is 5.82 Å². The highest BCUT2D eigenvalue weighted by molar-refractivity contribution is 6.12. The zero-order valence-electron chi connectivity index (χ0n) is 11.9. The van der Waals surface area contributed by atoms with Crippen LogP contribution in [0.4, 0.5) is 10.1 Å². The van der Waals surface area contributed by atoms with Crippen LogP contribution in [0.25, 0.3) is 0 Å². The number of hydrogen-bond donors (Lipinski definition) is 2. The molecule has 0 aliphatic carbocycles. The number of hydrogen-bond acceptors (Lipinski definition) is 3. The number of imidazole rings is 1. The van der Waals surface area contributed by atoms with Crippen molar-refractivity contribution >= 4 is 11.6 Å². The van der Waals surface area contributed by atoms with Crippen LogP contribution in [-0.4, -0.2) is 21.0 Å². The Bertz CT molecular complexity index is 894. The molecule has 4 rings (SSSR count). The van der Waals surface area contributed by atoms with E-state index in [0.717, 1.165) is 4.90 Å². The number of aliphatic hydroxyl groups is 1. The van der Waals surface area contributed by atoms with Gasteiger partial charge in [0, 0.05) is 23.5 Å². The normalized spacial score (nSPS) is 19.9. The monoisotopic (exact) mass is 309 g/mol. The molecule has 114 valence electrons. The van der Waals surface area contributed by atoms with Crippen LogP contribution in [0.1, 0.15) is 21.7 Å². The summed E-state index contributed by atoms with van der Waals surface area (Å²) in [6.07, 6.45) is 3.05. The van der Waals surface area contributed by atoms with E-state index in [9.17, 15) is 14.3 Å². The highest BCUT2D eigenvalue weighted by Gasteiger charge is 2.52. The van der Waals surface area contributed by atoms with Crippen molar-refractivity contribution in [2.45, 2.75) is 5.72 Å². The molecule has 0 fully saturated rings. The molecule has 3 aromatic rings. The first-order valence-electron chi connectivity index (χ1n) is 7.04. The summed E-state index contributed by atoms with van der Waals surface area (Å²) in [5, 5.41) is 11.4. The number of benzene rings is 2. The zero-order chi connectivity index (χ0) is 16.0. The molecule has 1 atom stereocenters. The third-order valence-corrected chi connectivity index (χ3v) is 3.95. The molecule has 6 heteroatoms. The summed E-state index contributed by atoms with van der Waals surface area (Å²) in [5.74, 6) is -0.710. The van der Waals surface area contributed by atoms with E-state index in [4.69, 9.17) is 0 Å². The molecule has 5 nitrogen and oxygen atoms in total. The Kier molecular flexibility index (Phi) is 2.82. The number of aromatic nitrogens is 2. The fraction of sp³-hybridized carbons (Fsp3) is 0.0588. The molecule has 0 bridgehead atoms. The van der Waals surface area contributed by atoms with Crippen LogP contribution in [0.5, 0.6) is 0 Å². The van der Waals surface area contributed by atoms with Crippen molar-refractivity contribution in [2.75, 3.05) is 4.90 Å². The van der Waals surface area contributed by atoms with Gasteiger partial charge in [-0.3, -0.25) is 9.69 Å². The van der Waals surface area contributed by atoms with E-state index < -0.39 is 17.4 Å². The molecular weight excluding hydrogens is 297 g/mol. The van der Waals surface area contributed by atoms with Crippen molar-refractivity contribution in [3.05, 3.63) is 83.7 Å². The average molecular weight is 309 g/mol. The van der Waals surface area contributed by atoms with E-state index in [-0.39, 0.29) is 11.5 Å². The van der Waals surface area contributed by atoms with Crippen molar-refractivity contribution in [1.29, 1.82) is 0 Å². The van der Waals surface area contributed by atoms with Gasteiger partial charge in [0.25, 0.3) is 5.91 Å². The van der Waals surface area contributed by atoms with Gasteiger partial charge < -0.3 is 10.1 Å². The molecule has 0 spiro atoms. The van der Waals surface area contributed by atoms with Crippen molar-refractivity contribution < 1.29 is 14.3 Å². The number of H-pyrrole nitrogens is 1. The number of nitrogens with zero attached hydrogens (tertiary/aromatic N) is 2. The number of anilines is 1. The molecule has 2 aromatic carbocycles. The van der Waals surface area contributed by atoms with Gasteiger partial charge in [-0.2, -0.15) is 0 Å². The van der Waals surface area contributed by atoms with E-state index in [0.29, 0.717) is 11.1 Å². The van der Waals surface area contributed by atoms with E-state index in [1.165, 1.54) is 24.4 Å². The lowest BCUT2D eigenvalue weighted by molar-refractivity contribution is 0.0652. The predicted molar refractivity (Wildman–Crippen MR) is 81.2 cm³/mol. The second-order valence-electron chi connectivity index (χ2n) is 5.28. The Hall–Kier alpha value is -2.99. The second kappa shape index (κ2) is 4.76. The third-order valence-electron chi connectivity index (χ3n) is 3.95. The Labute approximate surface area is 131 Å². The quantitative estimate of drug-likeness (QED) is 0.764. The van der Waals surface area contributed by atoms with E-state index in [1.54, 1.807) is 36.5 Å². The number of rotatable bonds is 2. The summed E-state index contributed by atoms with van der Waals surface area (Å²) in [4.78, 5) is 20.9. The zero-order valence-corrected chi connectivity index (χ0v) is 11.9. The molecule has 23 heavy (non-hydrogen) atoms. The lowest BCUT2D eigenvalue weighted by Gasteiger charge is -2.32. The molecular formula is C17H12FN3O2. The van der Waals surface area contributed by atoms with Gasteiger partial charge in [0.15, 0.2) is 5.82 Å². The van der Waals surface area contributed by atoms with Crippen molar-refractivity contribution in [1.82, 2.24) is 9.97 Å². The summed E-state index contributed by atoms with van der Waals surface area (Å²) in [6, 6.07) is 12.3. The number of halogens is 1. The van der Waals surface area contributed by atoms with Gasteiger partial charge >= 0.3 is 0 Å². The highest BCUT2D eigenvalue weighted by Crippen LogP contribution is 2.43.